The second-order valence-corrected chi connectivity index (χ2v) is 4.00. The van der Waals surface area contributed by atoms with Crippen molar-refractivity contribution in [3.8, 4) is 0 Å². The van der Waals surface area contributed by atoms with Crippen LogP contribution in [0.1, 0.15) is 27.2 Å². The Bertz CT molecular complexity index is 195. The molecular weight excluding hydrogens is 134 g/mol. The molecule has 0 unspecified atom stereocenters. The average Bonchev–Trinajstić information content (AvgIpc) is 2.53. The topological polar surface area (TPSA) is 3.24 Å². The molecule has 3 atom stereocenters. The van der Waals surface area contributed by atoms with Gasteiger partial charge in [-0.05, 0) is 19.3 Å². The minimum atomic E-state index is 0.777. The molecule has 1 saturated heterocycles. The predicted molar refractivity (Wildman–Crippen MR) is 47.2 cm³/mol. The molecule has 11 heavy (non-hydrogen) atoms. The zero-order valence-electron chi connectivity index (χ0n) is 7.67. The molecule has 2 rings (SSSR count). The number of nitrogens with zero attached hydrogens (tertiary/aromatic N) is 1. The van der Waals surface area contributed by atoms with Crippen LogP contribution in [0.3, 0.4) is 0 Å². The van der Waals surface area contributed by atoms with E-state index < -0.39 is 0 Å². The summed E-state index contributed by atoms with van der Waals surface area (Å²) in [6.07, 6.45) is 3.70. The zero-order chi connectivity index (χ0) is 8.01. The lowest BCUT2D eigenvalue weighted by Gasteiger charge is -2.21. The van der Waals surface area contributed by atoms with E-state index in [1.807, 2.05) is 0 Å². The van der Waals surface area contributed by atoms with Gasteiger partial charge >= 0.3 is 0 Å². The molecule has 0 aliphatic carbocycles. The van der Waals surface area contributed by atoms with Gasteiger partial charge in [0.2, 0.25) is 0 Å². The van der Waals surface area contributed by atoms with Gasteiger partial charge in [-0.15, -0.1) is 0 Å². The van der Waals surface area contributed by atoms with Crippen LogP contribution in [0.15, 0.2) is 11.8 Å². The first-order valence-corrected chi connectivity index (χ1v) is 4.68. The Balaban J connectivity index is 2.28. The van der Waals surface area contributed by atoms with Crippen molar-refractivity contribution in [1.29, 1.82) is 0 Å². The molecule has 2 aliphatic heterocycles. The van der Waals surface area contributed by atoms with Gasteiger partial charge in [-0.3, -0.25) is 0 Å². The standard InChI is InChI=1S/C10H17N/c1-7-8(2)10-5-4-6-11(10)9(7)3/h5,7-9H,4,6H2,1-3H3/t7-,8+,9-/m1/s1. The van der Waals surface area contributed by atoms with Gasteiger partial charge in [0.1, 0.15) is 0 Å². The lowest BCUT2D eigenvalue weighted by molar-refractivity contribution is 0.292. The summed E-state index contributed by atoms with van der Waals surface area (Å²) in [7, 11) is 0. The maximum Gasteiger partial charge on any atom is 0.0290 e. The van der Waals surface area contributed by atoms with E-state index in [4.69, 9.17) is 0 Å². The van der Waals surface area contributed by atoms with Gasteiger partial charge < -0.3 is 4.90 Å². The van der Waals surface area contributed by atoms with Crippen molar-refractivity contribution in [3.05, 3.63) is 11.8 Å². The Kier molecular flexibility index (Phi) is 1.48. The summed E-state index contributed by atoms with van der Waals surface area (Å²) in [6, 6.07) is 0.777. The molecule has 1 fully saturated rings. The molecule has 0 aromatic carbocycles. The van der Waals surface area contributed by atoms with Crippen LogP contribution < -0.4 is 0 Å². The summed E-state index contributed by atoms with van der Waals surface area (Å²) in [5.74, 6) is 1.65. The minimum Gasteiger partial charge on any atom is -0.372 e. The highest BCUT2D eigenvalue weighted by Crippen LogP contribution is 2.40. The van der Waals surface area contributed by atoms with E-state index in [0.717, 1.165) is 17.9 Å². The number of hydrogen-bond acceptors (Lipinski definition) is 1. The van der Waals surface area contributed by atoms with Gasteiger partial charge in [-0.2, -0.15) is 0 Å². The Morgan fingerprint density at radius 3 is 2.73 bits per heavy atom. The second-order valence-electron chi connectivity index (χ2n) is 4.00. The largest absolute Gasteiger partial charge is 0.372 e. The van der Waals surface area contributed by atoms with E-state index in [-0.39, 0.29) is 0 Å². The quantitative estimate of drug-likeness (QED) is 0.513. The fourth-order valence-electron chi connectivity index (χ4n) is 2.46. The smallest absolute Gasteiger partial charge is 0.0290 e. The Hall–Kier alpha value is -0.460. The van der Waals surface area contributed by atoms with Crippen LogP contribution in [0.2, 0.25) is 0 Å². The van der Waals surface area contributed by atoms with Crippen LogP contribution in [-0.4, -0.2) is 17.5 Å². The molecule has 1 nitrogen and oxygen atoms in total. The fraction of sp³-hybridized carbons (Fsp3) is 0.800. The van der Waals surface area contributed by atoms with Crippen molar-refractivity contribution < 1.29 is 0 Å². The molecule has 62 valence electrons. The van der Waals surface area contributed by atoms with E-state index >= 15 is 0 Å². The van der Waals surface area contributed by atoms with Crippen molar-refractivity contribution in [2.45, 2.75) is 33.2 Å². The van der Waals surface area contributed by atoms with Crippen molar-refractivity contribution in [3.63, 3.8) is 0 Å². The third-order valence-corrected chi connectivity index (χ3v) is 3.56. The highest BCUT2D eigenvalue weighted by atomic mass is 15.2. The SMILES string of the molecule is C[C@@H]1[C@H](C)C2=CCCN2[C@@H]1C. The second kappa shape index (κ2) is 2.26. The maximum atomic E-state index is 2.58. The van der Waals surface area contributed by atoms with Crippen molar-refractivity contribution in [2.24, 2.45) is 11.8 Å². The molecule has 2 heterocycles. The zero-order valence-corrected chi connectivity index (χ0v) is 7.67. The van der Waals surface area contributed by atoms with Gasteiger partial charge in [0.15, 0.2) is 0 Å². The maximum absolute atomic E-state index is 2.58. The van der Waals surface area contributed by atoms with Gasteiger partial charge in [-0.1, -0.05) is 19.9 Å². The van der Waals surface area contributed by atoms with Gasteiger partial charge in [0.25, 0.3) is 0 Å². The molecular formula is C10H17N. The number of fused-ring (bicyclic) bond motifs is 1. The van der Waals surface area contributed by atoms with Gasteiger partial charge in [0.05, 0.1) is 0 Å². The summed E-state index contributed by atoms with van der Waals surface area (Å²) in [5.41, 5.74) is 1.62. The summed E-state index contributed by atoms with van der Waals surface area (Å²) in [4.78, 5) is 2.58. The molecule has 0 spiro atoms. The van der Waals surface area contributed by atoms with Gasteiger partial charge in [-0.25, -0.2) is 0 Å². The van der Waals surface area contributed by atoms with E-state index in [2.05, 4.69) is 31.7 Å². The first-order valence-electron chi connectivity index (χ1n) is 4.68. The monoisotopic (exact) mass is 151 g/mol. The first-order chi connectivity index (χ1) is 5.22. The van der Waals surface area contributed by atoms with E-state index in [9.17, 15) is 0 Å². The molecule has 1 heteroatoms. The fourth-order valence-corrected chi connectivity index (χ4v) is 2.46. The van der Waals surface area contributed by atoms with Crippen molar-refractivity contribution in [1.82, 2.24) is 4.90 Å². The molecule has 0 bridgehead atoms. The van der Waals surface area contributed by atoms with Crippen LogP contribution >= 0.6 is 0 Å². The van der Waals surface area contributed by atoms with E-state index in [1.54, 1.807) is 5.70 Å². The normalized spacial score (nSPS) is 42.6. The summed E-state index contributed by atoms with van der Waals surface area (Å²) in [5, 5.41) is 0. The van der Waals surface area contributed by atoms with Crippen LogP contribution in [0.4, 0.5) is 0 Å². The molecule has 0 amide bonds. The number of allylic oxidation sites excluding steroid dienone is 1. The molecule has 0 saturated carbocycles. The average molecular weight is 151 g/mol. The molecule has 2 aliphatic rings. The number of hydrogen-bond donors (Lipinski definition) is 0. The molecule has 0 N–H and O–H groups in total. The van der Waals surface area contributed by atoms with Crippen LogP contribution in [0.5, 0.6) is 0 Å². The molecule has 0 aromatic rings. The molecule has 0 radical (unpaired) electrons. The molecule has 0 aromatic heterocycles. The lowest BCUT2D eigenvalue weighted by Crippen LogP contribution is -2.26. The third-order valence-electron chi connectivity index (χ3n) is 3.56. The third kappa shape index (κ3) is 0.831. The van der Waals surface area contributed by atoms with Crippen LogP contribution in [0.25, 0.3) is 0 Å². The Labute approximate surface area is 69.1 Å². The Morgan fingerprint density at radius 2 is 2.09 bits per heavy atom. The summed E-state index contributed by atoms with van der Waals surface area (Å²) in [6.45, 7) is 8.35. The highest BCUT2D eigenvalue weighted by molar-refractivity contribution is 5.18. The van der Waals surface area contributed by atoms with Crippen molar-refractivity contribution >= 4 is 0 Å². The minimum absolute atomic E-state index is 0.777. The lowest BCUT2D eigenvalue weighted by atomic mass is 9.93. The van der Waals surface area contributed by atoms with Crippen LogP contribution in [0, 0.1) is 11.8 Å². The van der Waals surface area contributed by atoms with Crippen molar-refractivity contribution in [2.75, 3.05) is 6.54 Å². The van der Waals surface area contributed by atoms with Gasteiger partial charge in [0, 0.05) is 24.2 Å². The first kappa shape index (κ1) is 7.20. The predicted octanol–water partition coefficient (Wildman–Crippen LogP) is 2.25. The van der Waals surface area contributed by atoms with E-state index in [0.29, 0.717) is 0 Å². The van der Waals surface area contributed by atoms with E-state index in [1.165, 1.54) is 13.0 Å². The number of rotatable bonds is 0. The van der Waals surface area contributed by atoms with Crippen LogP contribution in [-0.2, 0) is 0 Å². The summed E-state index contributed by atoms with van der Waals surface area (Å²) >= 11 is 0. The highest BCUT2D eigenvalue weighted by Gasteiger charge is 2.38. The Morgan fingerprint density at radius 1 is 1.36 bits per heavy atom. The summed E-state index contributed by atoms with van der Waals surface area (Å²) < 4.78 is 0.